The van der Waals surface area contributed by atoms with Crippen LogP contribution in [0.15, 0.2) is 67.0 Å². The van der Waals surface area contributed by atoms with Gasteiger partial charge in [-0.05, 0) is 67.1 Å². The van der Waals surface area contributed by atoms with E-state index < -0.39 is 10.2 Å². The molecule has 5 rings (SSSR count). The molecule has 10 heteroatoms. The van der Waals surface area contributed by atoms with Crippen molar-refractivity contribution in [3.63, 3.8) is 0 Å². The lowest BCUT2D eigenvalue weighted by Crippen LogP contribution is -2.30. The Hall–Kier alpha value is -3.53. The van der Waals surface area contributed by atoms with Crippen LogP contribution in [0.4, 0.5) is 11.4 Å². The fourth-order valence-corrected chi connectivity index (χ4v) is 5.62. The Morgan fingerprint density at radius 2 is 1.89 bits per heavy atom. The Morgan fingerprint density at radius 1 is 1.06 bits per heavy atom. The number of hydrogen-bond donors (Lipinski definition) is 1. The van der Waals surface area contributed by atoms with Crippen LogP contribution in [0.5, 0.6) is 0 Å². The maximum absolute atomic E-state index is 13.0. The first kappa shape index (κ1) is 23.2. The number of hydrogen-bond acceptors (Lipinski definition) is 5. The summed E-state index contributed by atoms with van der Waals surface area (Å²) in [4.78, 5) is 21.8. The highest BCUT2D eigenvalue weighted by atomic mass is 35.5. The predicted molar refractivity (Wildman–Crippen MR) is 138 cm³/mol. The summed E-state index contributed by atoms with van der Waals surface area (Å²) in [6, 6.07) is 15.9. The van der Waals surface area contributed by atoms with Crippen LogP contribution in [0, 0.1) is 6.92 Å². The van der Waals surface area contributed by atoms with Crippen LogP contribution < -0.4 is 9.62 Å². The highest BCUT2D eigenvalue weighted by Crippen LogP contribution is 2.31. The van der Waals surface area contributed by atoms with Crippen LogP contribution in [0.1, 0.15) is 15.9 Å². The Bertz CT molecular complexity index is 1570. The van der Waals surface area contributed by atoms with Crippen molar-refractivity contribution in [3.8, 4) is 11.3 Å². The quantitative estimate of drug-likeness (QED) is 0.438. The van der Waals surface area contributed by atoms with Crippen LogP contribution in [0.25, 0.3) is 22.2 Å². The zero-order chi connectivity index (χ0) is 24.7. The highest BCUT2D eigenvalue weighted by molar-refractivity contribution is 7.90. The van der Waals surface area contributed by atoms with E-state index in [9.17, 15) is 13.2 Å². The third kappa shape index (κ3) is 4.34. The van der Waals surface area contributed by atoms with E-state index >= 15 is 0 Å². The minimum Gasteiger partial charge on any atom is -0.322 e. The molecule has 1 N–H and O–H groups in total. The Kier molecular flexibility index (Phi) is 5.92. The minimum absolute atomic E-state index is 0.304. The van der Waals surface area contributed by atoms with E-state index in [0.29, 0.717) is 51.9 Å². The lowest BCUT2D eigenvalue weighted by Gasteiger charge is -2.19. The van der Waals surface area contributed by atoms with E-state index in [1.54, 1.807) is 62.8 Å². The zero-order valence-electron chi connectivity index (χ0n) is 19.1. The first-order chi connectivity index (χ1) is 16.7. The zero-order valence-corrected chi connectivity index (χ0v) is 20.6. The number of carbonyl (C=O) groups is 1. The van der Waals surface area contributed by atoms with Gasteiger partial charge >= 0.3 is 10.2 Å². The summed E-state index contributed by atoms with van der Waals surface area (Å²) in [6.45, 7) is 2.58. The number of aryl methyl sites for hydroxylation is 1. The van der Waals surface area contributed by atoms with Gasteiger partial charge in [0.15, 0.2) is 0 Å². The summed E-state index contributed by atoms with van der Waals surface area (Å²) in [5, 5.41) is 4.35. The molecular formula is C25H22ClN5O3S. The maximum Gasteiger partial charge on any atom is 0.303 e. The number of pyridine rings is 2. The lowest BCUT2D eigenvalue weighted by atomic mass is 10.1. The molecule has 2 aromatic carbocycles. The molecule has 0 spiro atoms. The van der Waals surface area contributed by atoms with Crippen molar-refractivity contribution in [1.82, 2.24) is 14.3 Å². The predicted octanol–water partition coefficient (Wildman–Crippen LogP) is 4.51. The fourth-order valence-electron chi connectivity index (χ4n) is 4.06. The van der Waals surface area contributed by atoms with Gasteiger partial charge < -0.3 is 5.32 Å². The summed E-state index contributed by atoms with van der Waals surface area (Å²) < 4.78 is 27.6. The third-order valence-corrected chi connectivity index (χ3v) is 8.27. The summed E-state index contributed by atoms with van der Waals surface area (Å²) in [5.74, 6) is -0.304. The van der Waals surface area contributed by atoms with Crippen LogP contribution in [-0.4, -0.2) is 48.7 Å². The van der Waals surface area contributed by atoms with Crippen LogP contribution in [0.3, 0.4) is 0 Å². The van der Waals surface area contributed by atoms with E-state index in [4.69, 9.17) is 11.6 Å². The molecule has 1 amide bonds. The van der Waals surface area contributed by atoms with Crippen molar-refractivity contribution in [3.05, 3.63) is 83.1 Å². The average molecular weight is 508 g/mol. The Labute approximate surface area is 208 Å². The monoisotopic (exact) mass is 507 g/mol. The standard InChI is InChI=1S/C25H22ClN5O3S/c1-16-13-19(31-12-11-30(2)35(31,33)34)5-6-20(16)25(32)28-18-4-7-22(26)21(14-18)24-8-3-17-15-27-10-9-23(17)29-24/h3-10,13-15H,11-12H2,1-2H3,(H,28,32). The number of amides is 1. The molecule has 0 unspecified atom stereocenters. The van der Waals surface area contributed by atoms with Gasteiger partial charge in [0.05, 0.1) is 21.9 Å². The summed E-state index contributed by atoms with van der Waals surface area (Å²) in [5.41, 5.74) is 4.40. The molecule has 1 fully saturated rings. The molecule has 8 nitrogen and oxygen atoms in total. The SMILES string of the molecule is Cc1cc(N2CCN(C)S2(=O)=O)ccc1C(=O)Nc1ccc(Cl)c(-c2ccc3cnccc3n2)c1. The Balaban J connectivity index is 1.40. The van der Waals surface area contributed by atoms with E-state index in [0.717, 1.165) is 10.9 Å². The first-order valence-electron chi connectivity index (χ1n) is 10.9. The second-order valence-corrected chi connectivity index (χ2v) is 10.7. The second-order valence-electron chi connectivity index (χ2n) is 8.31. The number of benzene rings is 2. The molecule has 3 heterocycles. The number of carbonyl (C=O) groups excluding carboxylic acids is 1. The first-order valence-corrected chi connectivity index (χ1v) is 12.7. The lowest BCUT2D eigenvalue weighted by molar-refractivity contribution is 0.102. The molecule has 35 heavy (non-hydrogen) atoms. The maximum atomic E-state index is 13.0. The molecule has 1 aliphatic heterocycles. The largest absolute Gasteiger partial charge is 0.322 e. The number of fused-ring (bicyclic) bond motifs is 1. The van der Waals surface area contributed by atoms with Crippen LogP contribution in [0.2, 0.25) is 5.02 Å². The summed E-state index contributed by atoms with van der Waals surface area (Å²) >= 11 is 6.45. The molecule has 0 aliphatic carbocycles. The molecular weight excluding hydrogens is 486 g/mol. The smallest absolute Gasteiger partial charge is 0.303 e. The molecule has 2 aromatic heterocycles. The van der Waals surface area contributed by atoms with Crippen LogP contribution >= 0.6 is 11.6 Å². The number of nitrogens with one attached hydrogen (secondary N) is 1. The van der Waals surface area contributed by atoms with Gasteiger partial charge in [0.1, 0.15) is 0 Å². The van der Waals surface area contributed by atoms with Gasteiger partial charge in [0.25, 0.3) is 5.91 Å². The van der Waals surface area contributed by atoms with Gasteiger partial charge in [0.2, 0.25) is 0 Å². The average Bonchev–Trinajstić information content (AvgIpc) is 3.11. The van der Waals surface area contributed by atoms with Gasteiger partial charge in [-0.25, -0.2) is 4.98 Å². The molecule has 0 bridgehead atoms. The minimum atomic E-state index is -3.52. The van der Waals surface area contributed by atoms with E-state index in [1.165, 1.54) is 8.61 Å². The Morgan fingerprint density at radius 3 is 2.63 bits per heavy atom. The normalized spacial score (nSPS) is 15.5. The molecule has 0 atom stereocenters. The molecule has 1 aliphatic rings. The van der Waals surface area contributed by atoms with Crippen molar-refractivity contribution < 1.29 is 13.2 Å². The summed E-state index contributed by atoms with van der Waals surface area (Å²) in [7, 11) is -1.97. The molecule has 1 saturated heterocycles. The van der Waals surface area contributed by atoms with Gasteiger partial charge in [-0.1, -0.05) is 11.6 Å². The number of aromatic nitrogens is 2. The second kappa shape index (κ2) is 8.92. The topological polar surface area (TPSA) is 95.5 Å². The number of nitrogens with zero attached hydrogens (tertiary/aromatic N) is 4. The van der Waals surface area contributed by atoms with Crippen molar-refractivity contribution in [2.24, 2.45) is 0 Å². The number of halogens is 1. The number of rotatable bonds is 4. The highest BCUT2D eigenvalue weighted by Gasteiger charge is 2.34. The van der Waals surface area contributed by atoms with E-state index in [1.807, 2.05) is 18.2 Å². The van der Waals surface area contributed by atoms with Crippen molar-refractivity contribution >= 4 is 50.0 Å². The van der Waals surface area contributed by atoms with E-state index in [-0.39, 0.29) is 5.91 Å². The van der Waals surface area contributed by atoms with Crippen molar-refractivity contribution in [1.29, 1.82) is 0 Å². The fraction of sp³-hybridized carbons (Fsp3) is 0.160. The van der Waals surface area contributed by atoms with Crippen molar-refractivity contribution in [2.45, 2.75) is 6.92 Å². The third-order valence-electron chi connectivity index (χ3n) is 6.02. The molecule has 178 valence electrons. The molecule has 0 saturated carbocycles. The van der Waals surface area contributed by atoms with Gasteiger partial charge in [0, 0.05) is 54.7 Å². The summed E-state index contributed by atoms with van der Waals surface area (Å²) in [6.07, 6.45) is 3.43. The molecule has 0 radical (unpaired) electrons. The van der Waals surface area contributed by atoms with Crippen LogP contribution in [-0.2, 0) is 10.2 Å². The van der Waals surface area contributed by atoms with Gasteiger partial charge in [-0.15, -0.1) is 0 Å². The van der Waals surface area contributed by atoms with Gasteiger partial charge in [-0.2, -0.15) is 12.7 Å². The van der Waals surface area contributed by atoms with Gasteiger partial charge in [-0.3, -0.25) is 14.1 Å². The molecule has 4 aromatic rings. The number of likely N-dealkylation sites (N-methyl/N-ethyl adjacent to an activating group) is 1. The van der Waals surface area contributed by atoms with E-state index in [2.05, 4.69) is 15.3 Å². The number of anilines is 2. The van der Waals surface area contributed by atoms with Crippen molar-refractivity contribution in [2.75, 3.05) is 29.8 Å².